The number of morpholine rings is 1. The molecule has 1 saturated heterocycles. The molecule has 1 N–H and O–H groups in total. The van der Waals surface area contributed by atoms with E-state index in [1.165, 1.54) is 13.3 Å². The van der Waals surface area contributed by atoms with Gasteiger partial charge in [-0.15, -0.1) is 0 Å². The normalized spacial score (nSPS) is 13.6. The maximum atomic E-state index is 12.5. The molecule has 4 rings (SSSR count). The molecule has 1 aromatic heterocycles. The number of carbonyl (C=O) groups excluding carboxylic acids is 2. The standard InChI is InChI=1S/C27H30N4O5/c1-19-4-5-20(2)31(19)23-9-7-22(8-10-23)27(33)29-28-17-21-6-11-24(25(16-21)34-3)36-18-26(32)30-12-14-35-15-13-30/h4-11,16-17H,12-15,18H2,1-3H3,(H,29,33)/b28-17-. The van der Waals surface area contributed by atoms with Crippen LogP contribution >= 0.6 is 0 Å². The summed E-state index contributed by atoms with van der Waals surface area (Å²) in [6.45, 7) is 6.22. The molecule has 188 valence electrons. The highest BCUT2D eigenvalue weighted by Gasteiger charge is 2.18. The van der Waals surface area contributed by atoms with Gasteiger partial charge < -0.3 is 23.7 Å². The van der Waals surface area contributed by atoms with Crippen molar-refractivity contribution in [3.63, 3.8) is 0 Å². The number of benzene rings is 2. The second kappa shape index (κ2) is 11.5. The summed E-state index contributed by atoms with van der Waals surface area (Å²) in [7, 11) is 1.52. The van der Waals surface area contributed by atoms with E-state index in [1.54, 1.807) is 35.2 Å². The number of nitrogens with one attached hydrogen (secondary N) is 1. The third kappa shape index (κ3) is 5.92. The monoisotopic (exact) mass is 490 g/mol. The van der Waals surface area contributed by atoms with Crippen molar-refractivity contribution in [1.29, 1.82) is 0 Å². The van der Waals surface area contributed by atoms with Crippen LogP contribution in [0.5, 0.6) is 11.5 Å². The molecule has 1 aliphatic heterocycles. The van der Waals surface area contributed by atoms with Crippen LogP contribution in [0.1, 0.15) is 27.3 Å². The number of carbonyl (C=O) groups is 2. The van der Waals surface area contributed by atoms with Crippen molar-refractivity contribution in [2.45, 2.75) is 13.8 Å². The molecule has 9 nitrogen and oxygen atoms in total. The highest BCUT2D eigenvalue weighted by molar-refractivity contribution is 5.95. The Hall–Kier alpha value is -4.11. The van der Waals surface area contributed by atoms with Gasteiger partial charge >= 0.3 is 0 Å². The summed E-state index contributed by atoms with van der Waals surface area (Å²) < 4.78 is 18.5. The highest BCUT2D eigenvalue weighted by atomic mass is 16.5. The lowest BCUT2D eigenvalue weighted by Crippen LogP contribution is -2.43. The van der Waals surface area contributed by atoms with Crippen LogP contribution in [-0.2, 0) is 9.53 Å². The van der Waals surface area contributed by atoms with Crippen LogP contribution in [-0.4, -0.2) is 67.5 Å². The van der Waals surface area contributed by atoms with Crippen molar-refractivity contribution >= 4 is 18.0 Å². The number of hydrogen-bond acceptors (Lipinski definition) is 6. The van der Waals surface area contributed by atoms with Crippen molar-refractivity contribution in [3.05, 3.63) is 77.1 Å². The molecule has 0 aliphatic carbocycles. The number of ether oxygens (including phenoxy) is 3. The lowest BCUT2D eigenvalue weighted by atomic mass is 10.2. The molecule has 0 saturated carbocycles. The zero-order valence-corrected chi connectivity index (χ0v) is 20.7. The van der Waals surface area contributed by atoms with Crippen LogP contribution in [0.4, 0.5) is 0 Å². The molecule has 1 fully saturated rings. The molecule has 0 atom stereocenters. The minimum Gasteiger partial charge on any atom is -0.493 e. The van der Waals surface area contributed by atoms with Gasteiger partial charge in [-0.2, -0.15) is 5.10 Å². The minimum atomic E-state index is -0.313. The van der Waals surface area contributed by atoms with Crippen molar-refractivity contribution in [2.24, 2.45) is 5.10 Å². The third-order valence-electron chi connectivity index (χ3n) is 5.94. The molecule has 0 spiro atoms. The number of methoxy groups -OCH3 is 1. The van der Waals surface area contributed by atoms with E-state index >= 15 is 0 Å². The van der Waals surface area contributed by atoms with Gasteiger partial charge in [0.2, 0.25) is 0 Å². The number of rotatable bonds is 8. The fourth-order valence-electron chi connectivity index (χ4n) is 3.99. The third-order valence-corrected chi connectivity index (χ3v) is 5.94. The fraction of sp³-hybridized carbons (Fsp3) is 0.296. The molecule has 9 heteroatoms. The summed E-state index contributed by atoms with van der Waals surface area (Å²) >= 11 is 0. The Balaban J connectivity index is 1.33. The maximum absolute atomic E-state index is 12.5. The van der Waals surface area contributed by atoms with Crippen LogP contribution in [0, 0.1) is 13.8 Å². The van der Waals surface area contributed by atoms with Gasteiger partial charge in [0.05, 0.1) is 26.5 Å². The average Bonchev–Trinajstić information content (AvgIpc) is 3.25. The van der Waals surface area contributed by atoms with E-state index < -0.39 is 0 Å². The predicted molar refractivity (Wildman–Crippen MR) is 136 cm³/mol. The molecule has 2 amide bonds. The SMILES string of the molecule is COc1cc(/C=N\NC(=O)c2ccc(-n3c(C)ccc3C)cc2)ccc1OCC(=O)N1CCOCC1. The van der Waals surface area contributed by atoms with E-state index in [9.17, 15) is 9.59 Å². The van der Waals surface area contributed by atoms with Gasteiger partial charge in [0.25, 0.3) is 11.8 Å². The molecule has 1 aliphatic rings. The first kappa shape index (κ1) is 25.0. The zero-order valence-electron chi connectivity index (χ0n) is 20.7. The summed E-state index contributed by atoms with van der Waals surface area (Å²) in [5.41, 5.74) is 7.01. The van der Waals surface area contributed by atoms with E-state index in [0.717, 1.165) is 17.1 Å². The van der Waals surface area contributed by atoms with Gasteiger partial charge in [0, 0.05) is 35.7 Å². The van der Waals surface area contributed by atoms with Gasteiger partial charge in [-0.25, -0.2) is 5.43 Å². The minimum absolute atomic E-state index is 0.0812. The fourth-order valence-corrected chi connectivity index (χ4v) is 3.99. The summed E-state index contributed by atoms with van der Waals surface area (Å²) in [4.78, 5) is 26.5. The topological polar surface area (TPSA) is 94.4 Å². The predicted octanol–water partition coefficient (Wildman–Crippen LogP) is 3.10. The molecule has 2 heterocycles. The number of hydrazone groups is 1. The van der Waals surface area contributed by atoms with Crippen molar-refractivity contribution in [1.82, 2.24) is 14.9 Å². The van der Waals surface area contributed by atoms with E-state index in [1.807, 2.05) is 26.0 Å². The quantitative estimate of drug-likeness (QED) is 0.387. The number of aryl methyl sites for hydroxylation is 2. The first-order valence-electron chi connectivity index (χ1n) is 11.7. The lowest BCUT2D eigenvalue weighted by Gasteiger charge is -2.26. The maximum Gasteiger partial charge on any atom is 0.271 e. The Morgan fingerprint density at radius 3 is 2.36 bits per heavy atom. The van der Waals surface area contributed by atoms with Gasteiger partial charge in [-0.1, -0.05) is 0 Å². The molecule has 3 aromatic rings. The largest absolute Gasteiger partial charge is 0.493 e. The van der Waals surface area contributed by atoms with Crippen LogP contribution in [0.2, 0.25) is 0 Å². The first-order chi connectivity index (χ1) is 17.5. The Morgan fingerprint density at radius 2 is 1.69 bits per heavy atom. The summed E-state index contributed by atoms with van der Waals surface area (Å²) in [5.74, 6) is 0.507. The lowest BCUT2D eigenvalue weighted by molar-refractivity contribution is -0.137. The molecule has 36 heavy (non-hydrogen) atoms. The highest BCUT2D eigenvalue weighted by Crippen LogP contribution is 2.27. The molecular formula is C27H30N4O5. The number of amides is 2. The van der Waals surface area contributed by atoms with E-state index in [2.05, 4.69) is 27.2 Å². The Morgan fingerprint density at radius 1 is 1.00 bits per heavy atom. The van der Waals surface area contributed by atoms with Crippen LogP contribution < -0.4 is 14.9 Å². The molecule has 0 unspecified atom stereocenters. The van der Waals surface area contributed by atoms with Crippen molar-refractivity contribution in [2.75, 3.05) is 40.0 Å². The van der Waals surface area contributed by atoms with Gasteiger partial charge in [-0.05, 0) is 74.0 Å². The van der Waals surface area contributed by atoms with Crippen LogP contribution in [0.25, 0.3) is 5.69 Å². The number of hydrogen-bond donors (Lipinski definition) is 1. The van der Waals surface area contributed by atoms with Gasteiger partial charge in [0.15, 0.2) is 18.1 Å². The first-order valence-corrected chi connectivity index (χ1v) is 11.7. The summed E-state index contributed by atoms with van der Waals surface area (Å²) in [6, 6.07) is 16.7. The number of nitrogens with zero attached hydrogens (tertiary/aromatic N) is 3. The average molecular weight is 491 g/mol. The molecule has 2 aromatic carbocycles. The molecule has 0 bridgehead atoms. The zero-order chi connectivity index (χ0) is 25.5. The Labute approximate surface area is 210 Å². The van der Waals surface area contributed by atoms with Gasteiger partial charge in [-0.3, -0.25) is 9.59 Å². The van der Waals surface area contributed by atoms with E-state index in [-0.39, 0.29) is 18.4 Å². The summed E-state index contributed by atoms with van der Waals surface area (Å²) in [5, 5.41) is 4.06. The van der Waals surface area contributed by atoms with Crippen LogP contribution in [0.15, 0.2) is 59.7 Å². The smallest absolute Gasteiger partial charge is 0.271 e. The van der Waals surface area contributed by atoms with Crippen LogP contribution in [0.3, 0.4) is 0 Å². The van der Waals surface area contributed by atoms with Crippen molar-refractivity contribution in [3.8, 4) is 17.2 Å². The molecule has 0 radical (unpaired) electrons. The van der Waals surface area contributed by atoms with E-state index in [4.69, 9.17) is 14.2 Å². The second-order valence-electron chi connectivity index (χ2n) is 8.39. The van der Waals surface area contributed by atoms with Gasteiger partial charge in [0.1, 0.15) is 0 Å². The Bertz CT molecular complexity index is 1220. The second-order valence-corrected chi connectivity index (χ2v) is 8.39. The Kier molecular flexibility index (Phi) is 8.02. The van der Waals surface area contributed by atoms with Crippen molar-refractivity contribution < 1.29 is 23.8 Å². The van der Waals surface area contributed by atoms with E-state index in [0.29, 0.717) is 48.9 Å². The summed E-state index contributed by atoms with van der Waals surface area (Å²) in [6.07, 6.45) is 1.52. The molecular weight excluding hydrogens is 460 g/mol. The number of aromatic nitrogens is 1.